The summed E-state index contributed by atoms with van der Waals surface area (Å²) in [4.78, 5) is 12.1. The molecule has 2 rings (SSSR count). The van der Waals surface area contributed by atoms with E-state index in [9.17, 15) is 30.7 Å². The van der Waals surface area contributed by atoms with Gasteiger partial charge in [0.2, 0.25) is 12.4 Å². The van der Waals surface area contributed by atoms with E-state index in [4.69, 9.17) is 4.79 Å². The summed E-state index contributed by atoms with van der Waals surface area (Å²) >= 11 is 0. The smallest absolute Gasteiger partial charge is 0.372 e. The number of nitrogens with zero attached hydrogens (tertiary/aromatic N) is 3. The molecule has 0 saturated carbocycles. The highest BCUT2D eigenvalue weighted by Crippen LogP contribution is 2.37. The fourth-order valence-corrected chi connectivity index (χ4v) is 2.80. The van der Waals surface area contributed by atoms with Gasteiger partial charge < -0.3 is 5.73 Å². The van der Waals surface area contributed by atoms with E-state index in [1.165, 1.54) is 30.7 Å². The van der Waals surface area contributed by atoms with Crippen molar-refractivity contribution in [2.45, 2.75) is 33.1 Å². The summed E-state index contributed by atoms with van der Waals surface area (Å²) in [6.45, 7) is 8.25. The van der Waals surface area contributed by atoms with Gasteiger partial charge in [-0.05, 0) is 54.3 Å². The predicted molar refractivity (Wildman–Crippen MR) is 118 cm³/mol. The van der Waals surface area contributed by atoms with Gasteiger partial charge in [0, 0.05) is 24.2 Å². The Balaban J connectivity index is 0.00000194. The zero-order chi connectivity index (χ0) is 27.0. The number of pyridine rings is 1. The SMILES string of the molecule is C=CN(/C=C(\C)c1cccnc1F)/N=C(/c1cc(C(F)(F)F)cc(C(F)(F)F)c1)C(C)C.NC=O. The van der Waals surface area contributed by atoms with Gasteiger partial charge in [0.05, 0.1) is 16.8 Å². The minimum absolute atomic E-state index is 0.0443. The molecule has 0 aliphatic heterocycles. The first-order chi connectivity index (χ1) is 16.1. The first kappa shape index (κ1) is 29.3. The van der Waals surface area contributed by atoms with Crippen molar-refractivity contribution in [1.29, 1.82) is 0 Å². The van der Waals surface area contributed by atoms with E-state index in [1.807, 2.05) is 0 Å². The average molecular weight is 504 g/mol. The molecule has 190 valence electrons. The molecule has 1 aromatic heterocycles. The number of halogens is 7. The summed E-state index contributed by atoms with van der Waals surface area (Å²) in [5.41, 5.74) is 1.42. The van der Waals surface area contributed by atoms with Crippen LogP contribution in [-0.4, -0.2) is 22.1 Å². The zero-order valence-corrected chi connectivity index (χ0v) is 19.0. The number of primary amides is 1. The largest absolute Gasteiger partial charge is 0.416 e. The fourth-order valence-electron chi connectivity index (χ4n) is 2.80. The number of aromatic nitrogens is 1. The monoisotopic (exact) mass is 504 g/mol. The summed E-state index contributed by atoms with van der Waals surface area (Å²) in [6.07, 6.45) is -5.92. The van der Waals surface area contributed by atoms with E-state index in [-0.39, 0.29) is 29.3 Å². The molecule has 12 heteroatoms. The second kappa shape index (κ2) is 12.1. The fraction of sp³-hybridized carbons (Fsp3) is 0.261. The second-order valence-corrected chi connectivity index (χ2v) is 7.29. The summed E-state index contributed by atoms with van der Waals surface area (Å²) in [6, 6.07) is 4.27. The lowest BCUT2D eigenvalue weighted by Gasteiger charge is -2.19. The Bertz CT molecular complexity index is 1060. The molecule has 0 aliphatic carbocycles. The van der Waals surface area contributed by atoms with E-state index >= 15 is 0 Å². The third kappa shape index (κ3) is 8.54. The van der Waals surface area contributed by atoms with Crippen LogP contribution >= 0.6 is 0 Å². The standard InChI is InChI=1S/C22H20F7N3.CH3NO/c1-5-32(12-14(4)18-7-6-8-30-20(18)23)31-19(13(2)3)15-9-16(21(24,25)26)11-17(10-15)22(27,28)29;2-1-3/h5-13H,1H2,2-4H3;1H,(H2,2,3)/b14-12+,31-19+;. The lowest BCUT2D eigenvalue weighted by Crippen LogP contribution is -2.18. The molecule has 35 heavy (non-hydrogen) atoms. The molecule has 0 spiro atoms. The number of hydrogen-bond donors (Lipinski definition) is 1. The average Bonchev–Trinajstić information content (AvgIpc) is 2.75. The normalized spacial score (nSPS) is 12.7. The van der Waals surface area contributed by atoms with Crippen LogP contribution < -0.4 is 5.73 Å². The van der Waals surface area contributed by atoms with Crippen molar-refractivity contribution in [3.05, 3.63) is 83.7 Å². The van der Waals surface area contributed by atoms with Crippen LogP contribution in [-0.2, 0) is 17.1 Å². The van der Waals surface area contributed by atoms with Crippen LogP contribution in [0.2, 0.25) is 0 Å². The van der Waals surface area contributed by atoms with Crippen molar-refractivity contribution in [2.75, 3.05) is 0 Å². The van der Waals surface area contributed by atoms with Gasteiger partial charge in [0.1, 0.15) is 0 Å². The zero-order valence-electron chi connectivity index (χ0n) is 19.0. The Morgan fingerprint density at radius 1 is 1.11 bits per heavy atom. The summed E-state index contributed by atoms with van der Waals surface area (Å²) in [7, 11) is 0. The predicted octanol–water partition coefficient (Wildman–Crippen LogP) is 6.23. The minimum atomic E-state index is -4.98. The second-order valence-electron chi connectivity index (χ2n) is 7.29. The molecule has 0 fully saturated rings. The Kier molecular flexibility index (Phi) is 10.2. The maximum atomic E-state index is 13.9. The molecule has 1 heterocycles. The van der Waals surface area contributed by atoms with Crippen LogP contribution in [0, 0.1) is 11.9 Å². The van der Waals surface area contributed by atoms with E-state index in [1.54, 1.807) is 20.8 Å². The topological polar surface area (TPSA) is 71.6 Å². The van der Waals surface area contributed by atoms with Crippen LogP contribution in [0.1, 0.15) is 43.0 Å². The third-order valence-electron chi connectivity index (χ3n) is 4.35. The summed E-state index contributed by atoms with van der Waals surface area (Å²) in [5, 5.41) is 5.29. The molecule has 2 N–H and O–H groups in total. The van der Waals surface area contributed by atoms with Gasteiger partial charge >= 0.3 is 12.4 Å². The van der Waals surface area contributed by atoms with Gasteiger partial charge in [0.25, 0.3) is 0 Å². The van der Waals surface area contributed by atoms with E-state index in [0.717, 1.165) is 5.01 Å². The maximum Gasteiger partial charge on any atom is 0.416 e. The lowest BCUT2D eigenvalue weighted by atomic mass is 9.95. The molecule has 0 radical (unpaired) electrons. The highest BCUT2D eigenvalue weighted by Gasteiger charge is 2.37. The molecule has 5 nitrogen and oxygen atoms in total. The highest BCUT2D eigenvalue weighted by atomic mass is 19.4. The molecule has 0 aliphatic rings. The number of amides is 1. The van der Waals surface area contributed by atoms with Crippen molar-refractivity contribution in [3.63, 3.8) is 0 Å². The quantitative estimate of drug-likeness (QED) is 0.167. The Labute approximate surface area is 197 Å². The van der Waals surface area contributed by atoms with Crippen LogP contribution in [0.15, 0.2) is 60.6 Å². The highest BCUT2D eigenvalue weighted by molar-refractivity contribution is 6.02. The molecular weight excluding hydrogens is 481 g/mol. The van der Waals surface area contributed by atoms with Gasteiger partial charge in [0.15, 0.2) is 0 Å². The molecule has 1 amide bonds. The number of carbonyl (C=O) groups is 1. The van der Waals surface area contributed by atoms with E-state index in [0.29, 0.717) is 17.7 Å². The van der Waals surface area contributed by atoms with Crippen molar-refractivity contribution in [3.8, 4) is 0 Å². The molecule has 0 atom stereocenters. The number of nitrogens with two attached hydrogens (primary N) is 1. The van der Waals surface area contributed by atoms with Crippen molar-refractivity contribution in [2.24, 2.45) is 16.8 Å². The van der Waals surface area contributed by atoms with Crippen molar-refractivity contribution >= 4 is 17.7 Å². The number of benzene rings is 1. The van der Waals surface area contributed by atoms with Gasteiger partial charge in [-0.2, -0.15) is 35.8 Å². The molecule has 0 unspecified atom stereocenters. The van der Waals surface area contributed by atoms with Crippen LogP contribution in [0.3, 0.4) is 0 Å². The molecule has 0 bridgehead atoms. The van der Waals surface area contributed by atoms with Gasteiger partial charge in [-0.3, -0.25) is 4.79 Å². The Morgan fingerprint density at radius 3 is 2.03 bits per heavy atom. The summed E-state index contributed by atoms with van der Waals surface area (Å²) < 4.78 is 93.4. The van der Waals surface area contributed by atoms with Gasteiger partial charge in [-0.1, -0.05) is 20.4 Å². The number of alkyl halides is 6. The molecule has 0 saturated heterocycles. The van der Waals surface area contributed by atoms with Gasteiger partial charge in [-0.25, -0.2) is 9.99 Å². The number of hydrogen-bond acceptors (Lipinski definition) is 4. The van der Waals surface area contributed by atoms with Crippen molar-refractivity contribution < 1.29 is 35.5 Å². The molecular formula is C23H23F7N4O. The first-order valence-corrected chi connectivity index (χ1v) is 9.89. The van der Waals surface area contributed by atoms with Crippen LogP contribution in [0.5, 0.6) is 0 Å². The summed E-state index contributed by atoms with van der Waals surface area (Å²) in [5.74, 6) is -1.29. The number of carbonyl (C=O) groups excluding carboxylic acids is 1. The van der Waals surface area contributed by atoms with E-state index < -0.39 is 35.3 Å². The molecule has 2 aromatic rings. The minimum Gasteiger partial charge on any atom is -0.372 e. The first-order valence-electron chi connectivity index (χ1n) is 9.89. The van der Waals surface area contributed by atoms with Crippen molar-refractivity contribution in [1.82, 2.24) is 9.99 Å². The molecule has 1 aromatic carbocycles. The number of rotatable bonds is 6. The number of hydrazone groups is 1. The Morgan fingerprint density at radius 2 is 1.63 bits per heavy atom. The van der Waals surface area contributed by atoms with Crippen LogP contribution in [0.4, 0.5) is 30.7 Å². The number of allylic oxidation sites excluding steroid dienone is 1. The van der Waals surface area contributed by atoms with E-state index in [2.05, 4.69) is 22.4 Å². The lowest BCUT2D eigenvalue weighted by molar-refractivity contribution is -0.143. The Hall–Kier alpha value is -3.70. The van der Waals surface area contributed by atoms with Crippen LogP contribution in [0.25, 0.3) is 5.57 Å². The third-order valence-corrected chi connectivity index (χ3v) is 4.35. The van der Waals surface area contributed by atoms with Gasteiger partial charge in [-0.15, -0.1) is 0 Å². The maximum absolute atomic E-state index is 13.9.